The smallest absolute Gasteiger partial charge is 0.135 e. The summed E-state index contributed by atoms with van der Waals surface area (Å²) in [7, 11) is 0. The molecule has 0 spiro atoms. The van der Waals surface area contributed by atoms with E-state index in [0.717, 1.165) is 44.3 Å². The lowest BCUT2D eigenvalue weighted by Crippen LogP contribution is -1.94. The van der Waals surface area contributed by atoms with Crippen LogP contribution in [0.5, 0.6) is 0 Å². The summed E-state index contributed by atoms with van der Waals surface area (Å²) in [6, 6.07) is 74.5. The molecule has 0 N–H and O–H groups in total. The van der Waals surface area contributed by atoms with Gasteiger partial charge in [-0.2, -0.15) is 0 Å². The minimum Gasteiger partial charge on any atom is -0.456 e. The summed E-state index contributed by atoms with van der Waals surface area (Å²) in [6.07, 6.45) is 0. The number of fused-ring (bicyclic) bond motifs is 9. The Bertz CT molecular complexity index is 3460. The molecule has 57 heavy (non-hydrogen) atoms. The monoisotopic (exact) mass is 726 g/mol. The van der Waals surface area contributed by atoms with Crippen molar-refractivity contribution in [1.29, 1.82) is 0 Å². The number of para-hydroxylation sites is 2. The third-order valence-corrected chi connectivity index (χ3v) is 11.7. The van der Waals surface area contributed by atoms with Crippen LogP contribution in [0.3, 0.4) is 0 Å². The van der Waals surface area contributed by atoms with Crippen LogP contribution in [0.4, 0.5) is 0 Å². The Kier molecular flexibility index (Phi) is 6.93. The molecule has 9 aromatic carbocycles. The van der Waals surface area contributed by atoms with Crippen molar-refractivity contribution >= 4 is 65.6 Å². The van der Waals surface area contributed by atoms with Crippen LogP contribution in [0, 0.1) is 0 Å². The van der Waals surface area contributed by atoms with Gasteiger partial charge in [0.25, 0.3) is 0 Å². The quantitative estimate of drug-likeness (QED) is 0.173. The third-order valence-electron chi connectivity index (χ3n) is 11.7. The minimum atomic E-state index is 0.876. The second-order valence-corrected chi connectivity index (χ2v) is 14.9. The number of benzene rings is 9. The summed E-state index contributed by atoms with van der Waals surface area (Å²) in [5.74, 6) is 0. The fourth-order valence-electron chi connectivity index (χ4n) is 9.03. The van der Waals surface area contributed by atoms with Crippen LogP contribution in [-0.2, 0) is 0 Å². The molecule has 0 radical (unpaired) electrons. The second-order valence-electron chi connectivity index (χ2n) is 14.9. The lowest BCUT2D eigenvalue weighted by atomic mass is 9.97. The van der Waals surface area contributed by atoms with E-state index in [1.54, 1.807) is 0 Å². The average Bonchev–Trinajstić information content (AvgIpc) is 3.93. The van der Waals surface area contributed by atoms with Crippen molar-refractivity contribution in [1.82, 2.24) is 9.13 Å². The number of rotatable bonds is 5. The maximum absolute atomic E-state index is 6.50. The average molecular weight is 727 g/mol. The van der Waals surface area contributed by atoms with E-state index < -0.39 is 0 Å². The van der Waals surface area contributed by atoms with Crippen molar-refractivity contribution in [2.75, 3.05) is 0 Å². The predicted octanol–water partition coefficient (Wildman–Crippen LogP) is 14.8. The van der Waals surface area contributed by atoms with Gasteiger partial charge in [-0.1, -0.05) is 127 Å². The van der Waals surface area contributed by atoms with E-state index in [1.807, 2.05) is 0 Å². The van der Waals surface area contributed by atoms with Crippen molar-refractivity contribution in [3.05, 3.63) is 206 Å². The highest BCUT2D eigenvalue weighted by molar-refractivity contribution is 6.13. The molecule has 3 heterocycles. The third kappa shape index (κ3) is 4.99. The maximum Gasteiger partial charge on any atom is 0.135 e. The van der Waals surface area contributed by atoms with E-state index in [1.165, 1.54) is 66.0 Å². The fraction of sp³-hybridized carbons (Fsp3) is 0. The number of nitrogens with zero attached hydrogens (tertiary/aromatic N) is 2. The van der Waals surface area contributed by atoms with E-state index in [9.17, 15) is 0 Å². The first-order chi connectivity index (χ1) is 28.2. The zero-order chi connectivity index (χ0) is 37.5. The lowest BCUT2D eigenvalue weighted by molar-refractivity contribution is 0.669. The highest BCUT2D eigenvalue weighted by Crippen LogP contribution is 2.40. The van der Waals surface area contributed by atoms with Crippen molar-refractivity contribution in [3.8, 4) is 44.8 Å². The van der Waals surface area contributed by atoms with E-state index in [2.05, 4.69) is 215 Å². The first-order valence-electron chi connectivity index (χ1n) is 19.5. The maximum atomic E-state index is 6.50. The second kappa shape index (κ2) is 12.5. The molecule has 0 bridgehead atoms. The molecule has 0 aliphatic carbocycles. The number of hydrogen-bond donors (Lipinski definition) is 0. The van der Waals surface area contributed by atoms with Crippen molar-refractivity contribution in [3.63, 3.8) is 0 Å². The Morgan fingerprint density at radius 2 is 0.649 bits per heavy atom. The van der Waals surface area contributed by atoms with Crippen LogP contribution in [0.15, 0.2) is 211 Å². The Balaban J connectivity index is 1.06. The fourth-order valence-corrected chi connectivity index (χ4v) is 9.03. The van der Waals surface area contributed by atoms with Crippen LogP contribution in [0.2, 0.25) is 0 Å². The molecule has 3 heteroatoms. The van der Waals surface area contributed by atoms with Gasteiger partial charge in [-0.15, -0.1) is 0 Å². The molecule has 0 amide bonds. The van der Waals surface area contributed by atoms with Crippen LogP contribution >= 0.6 is 0 Å². The molecule has 12 aromatic rings. The van der Waals surface area contributed by atoms with Gasteiger partial charge in [-0.3, -0.25) is 0 Å². The van der Waals surface area contributed by atoms with E-state index in [-0.39, 0.29) is 0 Å². The highest BCUT2D eigenvalue weighted by Gasteiger charge is 2.18. The number of aromatic nitrogens is 2. The summed E-state index contributed by atoms with van der Waals surface area (Å²) in [4.78, 5) is 0. The molecule has 3 nitrogen and oxygen atoms in total. The Labute approximate surface area is 328 Å². The number of furan rings is 1. The zero-order valence-electron chi connectivity index (χ0n) is 30.9. The minimum absolute atomic E-state index is 0.876. The highest BCUT2D eigenvalue weighted by atomic mass is 16.3. The van der Waals surface area contributed by atoms with E-state index in [0.29, 0.717) is 0 Å². The molecule has 3 aromatic heterocycles. The number of hydrogen-bond acceptors (Lipinski definition) is 1. The van der Waals surface area contributed by atoms with Crippen molar-refractivity contribution in [2.45, 2.75) is 0 Å². The van der Waals surface area contributed by atoms with Gasteiger partial charge >= 0.3 is 0 Å². The van der Waals surface area contributed by atoms with Gasteiger partial charge in [0.1, 0.15) is 11.2 Å². The molecule has 0 unspecified atom stereocenters. The van der Waals surface area contributed by atoms with Crippen molar-refractivity contribution in [2.24, 2.45) is 0 Å². The standard InChI is InChI=1S/C54H34N2O/c1-3-12-35(13-4-1)37-16-11-17-38(30-37)40-23-27-52-46(32-40)45-31-39(36-14-5-2-6-15-36)22-26-51(45)56(52)42-25-29-54-48(34-42)47-33-41(24-28-53(47)57-54)55-49-20-9-7-18-43(49)44-19-8-10-21-50(44)55/h1-34H. The summed E-state index contributed by atoms with van der Waals surface area (Å²) in [5, 5.41) is 7.13. The molecule has 0 atom stereocenters. The molecule has 12 rings (SSSR count). The molecule has 0 saturated heterocycles. The molecule has 0 aliphatic rings. The zero-order valence-corrected chi connectivity index (χ0v) is 30.9. The Morgan fingerprint density at radius 1 is 0.246 bits per heavy atom. The molecular weight excluding hydrogens is 693 g/mol. The summed E-state index contributed by atoms with van der Waals surface area (Å²) in [6.45, 7) is 0. The normalized spacial score (nSPS) is 11.9. The van der Waals surface area contributed by atoms with Gasteiger partial charge in [-0.05, 0) is 112 Å². The van der Waals surface area contributed by atoms with Crippen LogP contribution in [0.25, 0.3) is 110 Å². The first kappa shape index (κ1) is 31.7. The van der Waals surface area contributed by atoms with Gasteiger partial charge in [-0.25, -0.2) is 0 Å². The van der Waals surface area contributed by atoms with Gasteiger partial charge in [0.05, 0.1) is 22.1 Å². The predicted molar refractivity (Wildman–Crippen MR) is 239 cm³/mol. The summed E-state index contributed by atoms with van der Waals surface area (Å²) in [5.41, 5.74) is 15.9. The molecule has 266 valence electrons. The summed E-state index contributed by atoms with van der Waals surface area (Å²) >= 11 is 0. The molecule has 0 aliphatic heterocycles. The Hall–Kier alpha value is -7.62. The molecular formula is C54H34N2O. The topological polar surface area (TPSA) is 23.0 Å². The van der Waals surface area contributed by atoms with Crippen LogP contribution in [-0.4, -0.2) is 9.13 Å². The Morgan fingerprint density at radius 3 is 1.18 bits per heavy atom. The van der Waals surface area contributed by atoms with Crippen LogP contribution in [0.1, 0.15) is 0 Å². The van der Waals surface area contributed by atoms with Crippen molar-refractivity contribution < 1.29 is 4.42 Å². The molecule has 0 saturated carbocycles. The SMILES string of the molecule is c1ccc(-c2cccc(-c3ccc4c(c3)c3cc(-c5ccccc5)ccc3n4-c3ccc4oc5ccc(-n6c7ccccc7c7ccccc76)cc5c4c3)c2)cc1. The lowest BCUT2D eigenvalue weighted by Gasteiger charge is -2.10. The van der Waals surface area contributed by atoms with Gasteiger partial charge in [0.15, 0.2) is 0 Å². The molecule has 0 fully saturated rings. The largest absolute Gasteiger partial charge is 0.456 e. The van der Waals surface area contributed by atoms with E-state index in [4.69, 9.17) is 4.42 Å². The summed E-state index contributed by atoms with van der Waals surface area (Å²) < 4.78 is 11.3. The van der Waals surface area contributed by atoms with Gasteiger partial charge in [0.2, 0.25) is 0 Å². The first-order valence-corrected chi connectivity index (χ1v) is 19.5. The van der Waals surface area contributed by atoms with Crippen LogP contribution < -0.4 is 0 Å². The van der Waals surface area contributed by atoms with Gasteiger partial charge in [0, 0.05) is 43.7 Å². The van der Waals surface area contributed by atoms with E-state index >= 15 is 0 Å². The van der Waals surface area contributed by atoms with Gasteiger partial charge < -0.3 is 13.6 Å².